The molecule has 1 aromatic rings. The third-order valence-electron chi connectivity index (χ3n) is 3.69. The summed E-state index contributed by atoms with van der Waals surface area (Å²) in [5.41, 5.74) is 0.640. The van der Waals surface area contributed by atoms with Gasteiger partial charge in [-0.3, -0.25) is 9.69 Å². The molecule has 1 fully saturated rings. The molecule has 0 unspecified atom stereocenters. The molecule has 6 heteroatoms. The fourth-order valence-electron chi connectivity index (χ4n) is 2.45. The maximum Gasteiger partial charge on any atom is 0.254 e. The maximum absolute atomic E-state index is 12.5. The lowest BCUT2D eigenvalue weighted by Crippen LogP contribution is -2.49. The van der Waals surface area contributed by atoms with Gasteiger partial charge in [0.25, 0.3) is 5.91 Å². The fraction of sp³-hybridized carbons (Fsp3) is 0.533. The van der Waals surface area contributed by atoms with E-state index in [9.17, 15) is 4.79 Å². The van der Waals surface area contributed by atoms with Gasteiger partial charge in [-0.2, -0.15) is 0 Å². The van der Waals surface area contributed by atoms with Crippen molar-refractivity contribution in [2.75, 3.05) is 52.3 Å². The van der Waals surface area contributed by atoms with E-state index in [1.54, 1.807) is 32.4 Å². The molecule has 0 atom stereocenters. The second-order valence-corrected chi connectivity index (χ2v) is 5.69. The highest BCUT2D eigenvalue weighted by molar-refractivity contribution is 9.09. The summed E-state index contributed by atoms with van der Waals surface area (Å²) in [5.74, 6) is 1.27. The fourth-order valence-corrected chi connectivity index (χ4v) is 2.95. The van der Waals surface area contributed by atoms with E-state index in [1.165, 1.54) is 0 Å². The summed E-state index contributed by atoms with van der Waals surface area (Å²) in [6.07, 6.45) is 0. The number of benzene rings is 1. The number of carbonyl (C=O) groups excluding carboxylic acids is 1. The van der Waals surface area contributed by atoms with Crippen molar-refractivity contribution in [2.24, 2.45) is 0 Å². The molecular weight excluding hydrogens is 336 g/mol. The molecule has 1 aliphatic heterocycles. The Bertz CT molecular complexity index is 488. The molecule has 2 rings (SSSR count). The zero-order valence-electron chi connectivity index (χ0n) is 12.5. The van der Waals surface area contributed by atoms with Crippen LogP contribution >= 0.6 is 15.9 Å². The average molecular weight is 357 g/mol. The number of nitrogens with zero attached hydrogens (tertiary/aromatic N) is 2. The number of hydrogen-bond acceptors (Lipinski definition) is 4. The van der Waals surface area contributed by atoms with Gasteiger partial charge in [0.05, 0.1) is 14.2 Å². The molecule has 0 spiro atoms. The first-order valence-corrected chi connectivity index (χ1v) is 8.11. The monoisotopic (exact) mass is 356 g/mol. The lowest BCUT2D eigenvalue weighted by atomic mass is 10.1. The topological polar surface area (TPSA) is 42.0 Å². The smallest absolute Gasteiger partial charge is 0.254 e. The lowest BCUT2D eigenvalue weighted by Gasteiger charge is -2.34. The number of hydrogen-bond donors (Lipinski definition) is 0. The van der Waals surface area contributed by atoms with E-state index >= 15 is 0 Å². The third kappa shape index (κ3) is 3.89. The first-order valence-electron chi connectivity index (χ1n) is 6.99. The van der Waals surface area contributed by atoms with Crippen LogP contribution in [0.1, 0.15) is 10.4 Å². The van der Waals surface area contributed by atoms with Crippen LogP contribution < -0.4 is 9.47 Å². The second-order valence-electron chi connectivity index (χ2n) is 4.89. The van der Waals surface area contributed by atoms with Gasteiger partial charge in [-0.05, 0) is 18.2 Å². The van der Waals surface area contributed by atoms with E-state index in [-0.39, 0.29) is 5.91 Å². The zero-order valence-corrected chi connectivity index (χ0v) is 14.1. The molecule has 1 amide bonds. The summed E-state index contributed by atoms with van der Waals surface area (Å²) in [5, 5.41) is 0.969. The first kappa shape index (κ1) is 16.1. The predicted octanol–water partition coefficient (Wildman–Crippen LogP) is 1.86. The average Bonchev–Trinajstić information content (AvgIpc) is 2.54. The highest BCUT2D eigenvalue weighted by Gasteiger charge is 2.22. The van der Waals surface area contributed by atoms with Crippen molar-refractivity contribution in [1.82, 2.24) is 9.80 Å². The standard InChI is InChI=1S/C15H21BrN2O3/c1-20-13-4-3-12(11-14(13)21-2)15(19)18-9-7-17(6-5-16)8-10-18/h3-4,11H,5-10H2,1-2H3. The summed E-state index contributed by atoms with van der Waals surface area (Å²) in [6, 6.07) is 5.30. The van der Waals surface area contributed by atoms with Gasteiger partial charge in [-0.15, -0.1) is 0 Å². The van der Waals surface area contributed by atoms with Crippen molar-refractivity contribution in [3.8, 4) is 11.5 Å². The van der Waals surface area contributed by atoms with Gasteiger partial charge in [-0.25, -0.2) is 0 Å². The van der Waals surface area contributed by atoms with Crippen LogP contribution in [-0.2, 0) is 0 Å². The van der Waals surface area contributed by atoms with Crippen LogP contribution in [0, 0.1) is 0 Å². The van der Waals surface area contributed by atoms with Crippen LogP contribution in [0.15, 0.2) is 18.2 Å². The highest BCUT2D eigenvalue weighted by Crippen LogP contribution is 2.28. The highest BCUT2D eigenvalue weighted by atomic mass is 79.9. The molecule has 5 nitrogen and oxygen atoms in total. The largest absolute Gasteiger partial charge is 0.493 e. The van der Waals surface area contributed by atoms with Gasteiger partial charge in [0.15, 0.2) is 11.5 Å². The van der Waals surface area contributed by atoms with Gasteiger partial charge < -0.3 is 14.4 Å². The molecule has 0 radical (unpaired) electrons. The van der Waals surface area contributed by atoms with Crippen LogP contribution in [0.4, 0.5) is 0 Å². The Balaban J connectivity index is 2.04. The summed E-state index contributed by atoms with van der Waals surface area (Å²) in [4.78, 5) is 16.8. The number of ether oxygens (including phenoxy) is 2. The Morgan fingerprint density at radius 2 is 1.81 bits per heavy atom. The number of carbonyl (C=O) groups is 1. The van der Waals surface area contributed by atoms with E-state index in [0.717, 1.165) is 38.1 Å². The second kappa shape index (κ2) is 7.66. The molecule has 0 aromatic heterocycles. The van der Waals surface area contributed by atoms with Crippen molar-refractivity contribution in [3.63, 3.8) is 0 Å². The summed E-state index contributed by atoms with van der Waals surface area (Å²) < 4.78 is 10.5. The SMILES string of the molecule is COc1ccc(C(=O)N2CCN(CCBr)CC2)cc1OC. The van der Waals surface area contributed by atoms with Gasteiger partial charge in [0.1, 0.15) is 0 Å². The van der Waals surface area contributed by atoms with Crippen LogP contribution in [-0.4, -0.2) is 68.0 Å². The third-order valence-corrected chi connectivity index (χ3v) is 4.05. The van der Waals surface area contributed by atoms with E-state index in [1.807, 2.05) is 4.90 Å². The quantitative estimate of drug-likeness (QED) is 0.755. The molecule has 116 valence electrons. The summed E-state index contributed by atoms with van der Waals surface area (Å²) >= 11 is 3.45. The van der Waals surface area contributed by atoms with Gasteiger partial charge in [0.2, 0.25) is 0 Å². The minimum absolute atomic E-state index is 0.0504. The van der Waals surface area contributed by atoms with Gasteiger partial charge >= 0.3 is 0 Å². The number of amides is 1. The Morgan fingerprint density at radius 1 is 1.14 bits per heavy atom. The molecule has 1 aromatic carbocycles. The van der Waals surface area contributed by atoms with Crippen molar-refractivity contribution >= 4 is 21.8 Å². The molecule has 0 bridgehead atoms. The minimum Gasteiger partial charge on any atom is -0.493 e. The summed E-state index contributed by atoms with van der Waals surface area (Å²) in [6.45, 7) is 4.40. The lowest BCUT2D eigenvalue weighted by molar-refractivity contribution is 0.0644. The minimum atomic E-state index is 0.0504. The Kier molecular flexibility index (Phi) is 5.87. The molecule has 1 heterocycles. The van der Waals surface area contributed by atoms with E-state index in [4.69, 9.17) is 9.47 Å². The van der Waals surface area contributed by atoms with E-state index < -0.39 is 0 Å². The Morgan fingerprint density at radius 3 is 2.38 bits per heavy atom. The molecule has 0 aliphatic carbocycles. The number of rotatable bonds is 5. The van der Waals surface area contributed by atoms with Crippen LogP contribution in [0.3, 0.4) is 0 Å². The number of halogens is 1. The number of methoxy groups -OCH3 is 2. The molecule has 1 saturated heterocycles. The predicted molar refractivity (Wildman–Crippen MR) is 85.7 cm³/mol. The molecule has 1 aliphatic rings. The van der Waals surface area contributed by atoms with Gasteiger partial charge in [0, 0.05) is 43.6 Å². The van der Waals surface area contributed by atoms with Crippen molar-refractivity contribution < 1.29 is 14.3 Å². The Hall–Kier alpha value is -1.27. The normalized spacial score (nSPS) is 15.9. The molecule has 0 saturated carbocycles. The van der Waals surface area contributed by atoms with Crippen LogP contribution in [0.25, 0.3) is 0 Å². The number of alkyl halides is 1. The van der Waals surface area contributed by atoms with Crippen molar-refractivity contribution in [3.05, 3.63) is 23.8 Å². The maximum atomic E-state index is 12.5. The van der Waals surface area contributed by atoms with E-state index in [2.05, 4.69) is 20.8 Å². The molecule has 0 N–H and O–H groups in total. The van der Waals surface area contributed by atoms with Gasteiger partial charge in [-0.1, -0.05) is 15.9 Å². The number of piperazine rings is 1. The molecular formula is C15H21BrN2O3. The van der Waals surface area contributed by atoms with Crippen molar-refractivity contribution in [1.29, 1.82) is 0 Å². The van der Waals surface area contributed by atoms with Crippen LogP contribution in [0.2, 0.25) is 0 Å². The summed E-state index contributed by atoms with van der Waals surface area (Å²) in [7, 11) is 3.16. The zero-order chi connectivity index (χ0) is 15.2. The first-order chi connectivity index (χ1) is 10.2. The van der Waals surface area contributed by atoms with Crippen LogP contribution in [0.5, 0.6) is 11.5 Å². The van der Waals surface area contributed by atoms with E-state index in [0.29, 0.717) is 17.1 Å². The molecule has 21 heavy (non-hydrogen) atoms. The Labute approximate surface area is 133 Å². The van der Waals surface area contributed by atoms with Crippen molar-refractivity contribution in [2.45, 2.75) is 0 Å².